The van der Waals surface area contributed by atoms with Crippen molar-refractivity contribution in [3.63, 3.8) is 0 Å². The van der Waals surface area contributed by atoms with E-state index in [1.54, 1.807) is 75.3 Å². The van der Waals surface area contributed by atoms with Gasteiger partial charge in [-0.3, -0.25) is 14.4 Å². The Morgan fingerprint density at radius 3 is 1.96 bits per heavy atom. The van der Waals surface area contributed by atoms with Gasteiger partial charge in [-0.05, 0) is 79.3 Å². The maximum atomic E-state index is 14.1. The maximum Gasteiger partial charge on any atom is 0.416 e. The number of amides is 2. The quantitative estimate of drug-likeness (QED) is 0.156. The average Bonchev–Trinajstić information content (AvgIpc) is 3.06. The smallest absolute Gasteiger partial charge is 0.416 e. The van der Waals surface area contributed by atoms with Gasteiger partial charge in [0.25, 0.3) is 5.91 Å². The first kappa shape index (κ1) is 34.7. The molecule has 1 unspecified atom stereocenters. The monoisotopic (exact) mass is 645 g/mol. The van der Waals surface area contributed by atoms with Gasteiger partial charge in [0.15, 0.2) is 5.41 Å². The predicted octanol–water partition coefficient (Wildman–Crippen LogP) is 7.51. The van der Waals surface area contributed by atoms with Crippen LogP contribution in [0.3, 0.4) is 0 Å². The highest BCUT2D eigenvalue weighted by molar-refractivity contribution is 6.11. The fraction of sp³-hybridized carbons (Fsp3) is 0.270. The summed E-state index contributed by atoms with van der Waals surface area (Å²) in [6, 6.07) is 25.3. The van der Waals surface area contributed by atoms with Crippen LogP contribution in [0.2, 0.25) is 0 Å². The molecule has 10 heteroatoms. The number of carbonyl (C=O) groups excluding carboxylic acids is 2. The first-order valence-corrected chi connectivity index (χ1v) is 15.3. The summed E-state index contributed by atoms with van der Waals surface area (Å²) < 4.78 is 39.4. The third-order valence-electron chi connectivity index (χ3n) is 8.33. The number of hydrogen-bond acceptors (Lipinski definition) is 4. The second-order valence-electron chi connectivity index (χ2n) is 11.4. The molecule has 4 rings (SSSR count). The van der Waals surface area contributed by atoms with Gasteiger partial charge >= 0.3 is 12.1 Å². The number of aryl methyl sites for hydroxylation is 1. The van der Waals surface area contributed by atoms with Crippen molar-refractivity contribution in [1.82, 2.24) is 4.90 Å². The highest BCUT2D eigenvalue weighted by Gasteiger charge is 2.49. The summed E-state index contributed by atoms with van der Waals surface area (Å²) in [6.07, 6.45) is -4.13. The minimum Gasteiger partial charge on any atom is -0.480 e. The molecule has 0 aliphatic carbocycles. The lowest BCUT2D eigenvalue weighted by atomic mass is 9.74. The Hall–Kier alpha value is -5.12. The molecule has 0 saturated heterocycles. The van der Waals surface area contributed by atoms with Crippen LogP contribution in [0.15, 0.2) is 97.1 Å². The molecule has 0 fully saturated rings. The number of nitrogens with one attached hydrogen (secondary N) is 1. The number of benzene rings is 4. The molecule has 4 aromatic carbocycles. The van der Waals surface area contributed by atoms with Crippen molar-refractivity contribution in [2.24, 2.45) is 0 Å². The fourth-order valence-electron chi connectivity index (χ4n) is 5.69. The Labute approximate surface area is 272 Å². The third kappa shape index (κ3) is 7.48. The zero-order valence-corrected chi connectivity index (χ0v) is 26.8. The molecule has 7 nitrogen and oxygen atoms in total. The summed E-state index contributed by atoms with van der Waals surface area (Å²) in [6.45, 7) is 4.28. The fourth-order valence-corrected chi connectivity index (χ4v) is 5.69. The molecule has 2 N–H and O–H groups in total. The van der Waals surface area contributed by atoms with E-state index in [4.69, 9.17) is 0 Å². The summed E-state index contributed by atoms with van der Waals surface area (Å²) in [7, 11) is 3.48. The second kappa shape index (κ2) is 14.5. The molecule has 0 saturated carbocycles. The van der Waals surface area contributed by atoms with Crippen molar-refractivity contribution in [3.8, 4) is 11.1 Å². The van der Waals surface area contributed by atoms with Crippen LogP contribution in [-0.2, 0) is 27.6 Å². The molecule has 0 bridgehead atoms. The van der Waals surface area contributed by atoms with Crippen LogP contribution in [0.1, 0.15) is 47.3 Å². The Balaban J connectivity index is 1.75. The normalized spacial score (nSPS) is 12.6. The number of anilines is 2. The Kier molecular flexibility index (Phi) is 10.7. The number of alkyl halides is 3. The van der Waals surface area contributed by atoms with Gasteiger partial charge in [0, 0.05) is 32.7 Å². The number of aliphatic carboxylic acids is 1. The molecule has 0 radical (unpaired) electrons. The zero-order chi connectivity index (χ0) is 34.4. The SMILES string of the molecule is CCN(CC)C(=O)C(CCc1ccccc1)(C(=O)O)c1ccc(NC(=O)c2ccccc2-c2ccc(C(F)(F)F)cc2)c(N(C)C)c1. The van der Waals surface area contributed by atoms with Crippen molar-refractivity contribution < 1.29 is 32.7 Å². The molecule has 0 aliphatic rings. The summed E-state index contributed by atoms with van der Waals surface area (Å²) >= 11 is 0. The minimum atomic E-state index is -4.49. The van der Waals surface area contributed by atoms with E-state index in [1.165, 1.54) is 17.0 Å². The largest absolute Gasteiger partial charge is 0.480 e. The number of nitrogens with zero attached hydrogens (tertiary/aromatic N) is 2. The number of carboxylic acids is 1. The Bertz CT molecular complexity index is 1720. The first-order chi connectivity index (χ1) is 22.3. The second-order valence-corrected chi connectivity index (χ2v) is 11.4. The van der Waals surface area contributed by atoms with E-state index in [0.717, 1.165) is 17.7 Å². The van der Waals surface area contributed by atoms with E-state index >= 15 is 0 Å². The molecule has 246 valence electrons. The molecule has 0 spiro atoms. The van der Waals surface area contributed by atoms with E-state index in [0.29, 0.717) is 42.0 Å². The lowest BCUT2D eigenvalue weighted by Crippen LogP contribution is -2.52. The molecule has 1 atom stereocenters. The van der Waals surface area contributed by atoms with Crippen LogP contribution in [0, 0.1) is 0 Å². The van der Waals surface area contributed by atoms with Crippen molar-refractivity contribution in [3.05, 3.63) is 119 Å². The van der Waals surface area contributed by atoms with Gasteiger partial charge < -0.3 is 20.2 Å². The number of halogens is 3. The van der Waals surface area contributed by atoms with Gasteiger partial charge in [0.05, 0.1) is 16.9 Å². The lowest BCUT2D eigenvalue weighted by molar-refractivity contribution is -0.154. The van der Waals surface area contributed by atoms with E-state index in [9.17, 15) is 32.7 Å². The summed E-state index contributed by atoms with van der Waals surface area (Å²) in [4.78, 5) is 44.2. The molecule has 0 aromatic heterocycles. The van der Waals surface area contributed by atoms with Crippen LogP contribution in [0.5, 0.6) is 0 Å². The average molecular weight is 646 g/mol. The van der Waals surface area contributed by atoms with Gasteiger partial charge in [0.1, 0.15) is 0 Å². The highest BCUT2D eigenvalue weighted by atomic mass is 19.4. The molecule has 47 heavy (non-hydrogen) atoms. The maximum absolute atomic E-state index is 14.1. The van der Waals surface area contributed by atoms with Crippen LogP contribution in [-0.4, -0.2) is 55.0 Å². The van der Waals surface area contributed by atoms with E-state index in [1.807, 2.05) is 30.3 Å². The van der Waals surface area contributed by atoms with Crippen molar-refractivity contribution in [2.45, 2.75) is 38.3 Å². The van der Waals surface area contributed by atoms with E-state index in [2.05, 4.69) is 5.32 Å². The van der Waals surface area contributed by atoms with Gasteiger partial charge in [-0.15, -0.1) is 0 Å². The predicted molar refractivity (Wildman–Crippen MR) is 178 cm³/mol. The first-order valence-electron chi connectivity index (χ1n) is 15.3. The van der Waals surface area contributed by atoms with Gasteiger partial charge in [-0.2, -0.15) is 13.2 Å². The number of hydrogen-bond donors (Lipinski definition) is 2. The third-order valence-corrected chi connectivity index (χ3v) is 8.33. The van der Waals surface area contributed by atoms with Crippen LogP contribution in [0.4, 0.5) is 24.5 Å². The molecule has 2 amide bonds. The molecular formula is C37H38F3N3O4. The van der Waals surface area contributed by atoms with Crippen LogP contribution < -0.4 is 10.2 Å². The number of rotatable bonds is 12. The molecular weight excluding hydrogens is 607 g/mol. The number of carbonyl (C=O) groups is 3. The van der Waals surface area contributed by atoms with E-state index < -0.39 is 34.9 Å². The zero-order valence-electron chi connectivity index (χ0n) is 26.8. The molecule has 0 heterocycles. The molecule has 0 aliphatic heterocycles. The Morgan fingerprint density at radius 2 is 1.38 bits per heavy atom. The molecule has 4 aromatic rings. The van der Waals surface area contributed by atoms with Crippen molar-refractivity contribution >= 4 is 29.2 Å². The van der Waals surface area contributed by atoms with Crippen LogP contribution in [0.25, 0.3) is 11.1 Å². The van der Waals surface area contributed by atoms with Gasteiger partial charge in [-0.1, -0.05) is 66.7 Å². The standard InChI is InChI=1S/C37H38F3N3O4/c1-5-43(6-2)34(45)36(35(46)47,23-22-25-12-8-7-9-13-25)28-20-21-31(32(24-28)42(3)4)41-33(44)30-15-11-10-14-29(30)26-16-18-27(19-17-26)37(38,39)40/h7-21,24H,5-6,22-23H2,1-4H3,(H,41,44)(H,46,47). The van der Waals surface area contributed by atoms with Crippen molar-refractivity contribution in [1.29, 1.82) is 0 Å². The lowest BCUT2D eigenvalue weighted by Gasteiger charge is -2.35. The van der Waals surface area contributed by atoms with Crippen LogP contribution >= 0.6 is 0 Å². The summed E-state index contributed by atoms with van der Waals surface area (Å²) in [5, 5.41) is 13.7. The Morgan fingerprint density at radius 1 is 0.787 bits per heavy atom. The number of carboxylic acid groups (broad SMARTS) is 1. The van der Waals surface area contributed by atoms with Crippen molar-refractivity contribution in [2.75, 3.05) is 37.4 Å². The minimum absolute atomic E-state index is 0.0146. The highest BCUT2D eigenvalue weighted by Crippen LogP contribution is 2.38. The topological polar surface area (TPSA) is 90.0 Å². The number of likely N-dealkylation sites (N-methyl/N-ethyl adjacent to an activating group) is 1. The van der Waals surface area contributed by atoms with E-state index in [-0.39, 0.29) is 17.5 Å². The summed E-state index contributed by atoms with van der Waals surface area (Å²) in [5.74, 6) is -2.29. The van der Waals surface area contributed by atoms with Gasteiger partial charge in [0.2, 0.25) is 5.91 Å². The van der Waals surface area contributed by atoms with Gasteiger partial charge in [-0.25, -0.2) is 0 Å². The summed E-state index contributed by atoms with van der Waals surface area (Å²) in [5.41, 5.74) is 0.441.